The van der Waals surface area contributed by atoms with Gasteiger partial charge in [0.1, 0.15) is 0 Å². The third-order valence-electron chi connectivity index (χ3n) is 1.61. The summed E-state index contributed by atoms with van der Waals surface area (Å²) in [5, 5.41) is 3.00. The zero-order chi connectivity index (χ0) is 8.10. The van der Waals surface area contributed by atoms with E-state index in [1.807, 2.05) is 18.2 Å². The van der Waals surface area contributed by atoms with E-state index in [1.54, 1.807) is 0 Å². The third kappa shape index (κ3) is 2.91. The van der Waals surface area contributed by atoms with Crippen molar-refractivity contribution in [3.8, 4) is 0 Å². The van der Waals surface area contributed by atoms with Gasteiger partial charge in [0.15, 0.2) is 0 Å². The molecular weight excluding hydrogens is 158 g/mol. The molecular formula is C9H13ClN+. The van der Waals surface area contributed by atoms with Crippen LogP contribution in [0.25, 0.3) is 0 Å². The van der Waals surface area contributed by atoms with Crippen LogP contribution in [0.5, 0.6) is 0 Å². The van der Waals surface area contributed by atoms with Crippen molar-refractivity contribution in [2.45, 2.75) is 6.42 Å². The van der Waals surface area contributed by atoms with Crippen LogP contribution in [-0.2, 0) is 6.42 Å². The number of nitrogens with two attached hydrogens (primary N) is 1. The molecule has 0 aliphatic rings. The Morgan fingerprint density at radius 1 is 1.45 bits per heavy atom. The summed E-state index contributed by atoms with van der Waals surface area (Å²) in [6.07, 6.45) is 1.09. The Morgan fingerprint density at radius 2 is 2.27 bits per heavy atom. The summed E-state index contributed by atoms with van der Waals surface area (Å²) in [5.41, 5.74) is 1.32. The maximum Gasteiger partial charge on any atom is 0.0794 e. The topological polar surface area (TPSA) is 16.6 Å². The number of hydrogen-bond acceptors (Lipinski definition) is 0. The molecule has 0 heterocycles. The molecule has 11 heavy (non-hydrogen) atoms. The summed E-state index contributed by atoms with van der Waals surface area (Å²) in [7, 11) is 2.07. The molecule has 0 spiro atoms. The van der Waals surface area contributed by atoms with Gasteiger partial charge in [-0.1, -0.05) is 23.7 Å². The van der Waals surface area contributed by atoms with E-state index in [0.29, 0.717) is 0 Å². The first-order chi connectivity index (χ1) is 5.33. The Morgan fingerprint density at radius 3 is 2.91 bits per heavy atom. The Kier molecular flexibility index (Phi) is 3.40. The van der Waals surface area contributed by atoms with Crippen molar-refractivity contribution in [2.24, 2.45) is 0 Å². The fourth-order valence-electron chi connectivity index (χ4n) is 1.00. The molecule has 1 aromatic carbocycles. The second kappa shape index (κ2) is 4.37. The first-order valence-electron chi connectivity index (χ1n) is 3.85. The van der Waals surface area contributed by atoms with Crippen LogP contribution in [-0.4, -0.2) is 13.6 Å². The van der Waals surface area contributed by atoms with Crippen LogP contribution in [0.4, 0.5) is 0 Å². The second-order valence-corrected chi connectivity index (χ2v) is 3.01. The molecule has 1 nitrogen and oxygen atoms in total. The Hall–Kier alpha value is -0.530. The molecule has 2 N–H and O–H groups in total. The lowest BCUT2D eigenvalue weighted by atomic mass is 10.1. The van der Waals surface area contributed by atoms with Crippen molar-refractivity contribution < 1.29 is 5.32 Å². The van der Waals surface area contributed by atoms with Gasteiger partial charge >= 0.3 is 0 Å². The zero-order valence-electron chi connectivity index (χ0n) is 6.68. The normalized spacial score (nSPS) is 10.0. The molecule has 2 heteroatoms. The maximum absolute atomic E-state index is 5.81. The van der Waals surface area contributed by atoms with Gasteiger partial charge in [-0.2, -0.15) is 0 Å². The SMILES string of the molecule is C[NH2+]CCc1cccc(Cl)c1. The summed E-state index contributed by atoms with van der Waals surface area (Å²) < 4.78 is 0. The summed E-state index contributed by atoms with van der Waals surface area (Å²) >= 11 is 5.81. The molecule has 0 aliphatic carbocycles. The summed E-state index contributed by atoms with van der Waals surface area (Å²) in [6.45, 7) is 1.13. The Bertz CT molecular complexity index is 223. The monoisotopic (exact) mass is 170 g/mol. The highest BCUT2D eigenvalue weighted by atomic mass is 35.5. The predicted octanol–water partition coefficient (Wildman–Crippen LogP) is 1.08. The molecule has 0 saturated carbocycles. The average Bonchev–Trinajstić information content (AvgIpc) is 2.01. The number of quaternary nitrogens is 1. The molecule has 0 unspecified atom stereocenters. The lowest BCUT2D eigenvalue weighted by molar-refractivity contribution is -0.626. The van der Waals surface area contributed by atoms with E-state index in [1.165, 1.54) is 5.56 Å². The minimum atomic E-state index is 0.832. The summed E-state index contributed by atoms with van der Waals surface area (Å²) in [6, 6.07) is 8.02. The van der Waals surface area contributed by atoms with E-state index in [-0.39, 0.29) is 0 Å². The fourth-order valence-corrected chi connectivity index (χ4v) is 1.22. The first-order valence-corrected chi connectivity index (χ1v) is 4.23. The van der Waals surface area contributed by atoms with Crippen molar-refractivity contribution in [1.82, 2.24) is 0 Å². The molecule has 0 aliphatic heterocycles. The second-order valence-electron chi connectivity index (χ2n) is 2.58. The van der Waals surface area contributed by atoms with E-state index in [0.717, 1.165) is 18.0 Å². The van der Waals surface area contributed by atoms with Gasteiger partial charge in [-0.3, -0.25) is 0 Å². The van der Waals surface area contributed by atoms with Crippen molar-refractivity contribution in [1.29, 1.82) is 0 Å². The highest BCUT2D eigenvalue weighted by Gasteiger charge is 1.93. The van der Waals surface area contributed by atoms with Crippen LogP contribution in [0.15, 0.2) is 24.3 Å². The lowest BCUT2D eigenvalue weighted by Gasteiger charge is -1.98. The van der Waals surface area contributed by atoms with Gasteiger partial charge in [-0.05, 0) is 17.7 Å². The number of rotatable bonds is 3. The molecule has 1 rings (SSSR count). The van der Waals surface area contributed by atoms with Gasteiger partial charge in [0.05, 0.1) is 13.6 Å². The molecule has 60 valence electrons. The smallest absolute Gasteiger partial charge is 0.0794 e. The van der Waals surface area contributed by atoms with E-state index in [4.69, 9.17) is 11.6 Å². The number of hydrogen-bond donors (Lipinski definition) is 1. The van der Waals surface area contributed by atoms with Crippen molar-refractivity contribution in [2.75, 3.05) is 13.6 Å². The first kappa shape index (κ1) is 8.57. The zero-order valence-corrected chi connectivity index (χ0v) is 7.43. The minimum absolute atomic E-state index is 0.832. The number of halogens is 1. The van der Waals surface area contributed by atoms with E-state index in [2.05, 4.69) is 18.4 Å². The predicted molar refractivity (Wildman–Crippen MR) is 47.9 cm³/mol. The Balaban J connectivity index is 2.56. The third-order valence-corrected chi connectivity index (χ3v) is 1.85. The number of benzene rings is 1. The molecule has 1 aromatic rings. The van der Waals surface area contributed by atoms with Crippen LogP contribution in [0.1, 0.15) is 5.56 Å². The summed E-state index contributed by atoms with van der Waals surface area (Å²) in [4.78, 5) is 0. The highest BCUT2D eigenvalue weighted by molar-refractivity contribution is 6.30. The van der Waals surface area contributed by atoms with Crippen LogP contribution in [0.2, 0.25) is 5.02 Å². The Labute approximate surface area is 72.4 Å². The van der Waals surface area contributed by atoms with E-state index < -0.39 is 0 Å². The fraction of sp³-hybridized carbons (Fsp3) is 0.333. The van der Waals surface area contributed by atoms with E-state index in [9.17, 15) is 0 Å². The minimum Gasteiger partial charge on any atom is -0.348 e. The maximum atomic E-state index is 5.81. The van der Waals surface area contributed by atoms with Crippen molar-refractivity contribution >= 4 is 11.6 Å². The highest BCUT2D eigenvalue weighted by Crippen LogP contribution is 2.10. The molecule has 0 amide bonds. The molecule has 0 saturated heterocycles. The van der Waals surface area contributed by atoms with Gasteiger partial charge < -0.3 is 5.32 Å². The van der Waals surface area contributed by atoms with Crippen molar-refractivity contribution in [3.05, 3.63) is 34.9 Å². The van der Waals surface area contributed by atoms with Crippen molar-refractivity contribution in [3.63, 3.8) is 0 Å². The molecule has 0 bridgehead atoms. The van der Waals surface area contributed by atoms with Gasteiger partial charge in [0.25, 0.3) is 0 Å². The van der Waals surface area contributed by atoms with Crippen LogP contribution in [0, 0.1) is 0 Å². The van der Waals surface area contributed by atoms with E-state index >= 15 is 0 Å². The lowest BCUT2D eigenvalue weighted by Crippen LogP contribution is -2.80. The summed E-state index contributed by atoms with van der Waals surface area (Å²) in [5.74, 6) is 0. The average molecular weight is 171 g/mol. The molecule has 0 radical (unpaired) electrons. The standard InChI is InChI=1S/C9H12ClN/c1-11-6-5-8-3-2-4-9(10)7-8/h2-4,7,11H,5-6H2,1H3/p+1. The molecule has 0 aromatic heterocycles. The van der Waals surface area contributed by atoms with Crippen LogP contribution >= 0.6 is 11.6 Å². The quantitative estimate of drug-likeness (QED) is 0.699. The van der Waals surface area contributed by atoms with Gasteiger partial charge in [-0.15, -0.1) is 0 Å². The van der Waals surface area contributed by atoms with Crippen LogP contribution < -0.4 is 5.32 Å². The largest absolute Gasteiger partial charge is 0.348 e. The van der Waals surface area contributed by atoms with Gasteiger partial charge in [0, 0.05) is 11.4 Å². The van der Waals surface area contributed by atoms with Gasteiger partial charge in [0.2, 0.25) is 0 Å². The van der Waals surface area contributed by atoms with Gasteiger partial charge in [-0.25, -0.2) is 0 Å². The number of likely N-dealkylation sites (N-methyl/N-ethyl adjacent to an activating group) is 1. The molecule has 0 fully saturated rings. The van der Waals surface area contributed by atoms with Crippen LogP contribution in [0.3, 0.4) is 0 Å². The molecule has 0 atom stereocenters.